The Bertz CT molecular complexity index is 566. The number of hydrogen-bond acceptors (Lipinski definition) is 2. The van der Waals surface area contributed by atoms with Gasteiger partial charge in [-0.15, -0.1) is 0 Å². The number of halogens is 2. The normalized spacial score (nSPS) is 10.5. The third-order valence-electron chi connectivity index (χ3n) is 2.30. The average molecular weight is 469 g/mol. The minimum Gasteiger partial charge on any atom is -0.389 e. The van der Waals surface area contributed by atoms with Crippen LogP contribution in [-0.2, 0) is 6.54 Å². The van der Waals surface area contributed by atoms with Crippen LogP contribution in [-0.4, -0.2) is 14.5 Å². The highest BCUT2D eigenvalue weighted by molar-refractivity contribution is 14.1. The summed E-state index contributed by atoms with van der Waals surface area (Å²) in [5, 5.41) is 0. The fourth-order valence-electron chi connectivity index (χ4n) is 1.47. The largest absolute Gasteiger partial charge is 0.389 e. The van der Waals surface area contributed by atoms with E-state index in [1.807, 2.05) is 24.5 Å². The van der Waals surface area contributed by atoms with E-state index in [4.69, 9.17) is 18.0 Å². The van der Waals surface area contributed by atoms with Crippen molar-refractivity contribution in [2.45, 2.75) is 6.54 Å². The van der Waals surface area contributed by atoms with Gasteiger partial charge >= 0.3 is 0 Å². The second-order valence-corrected chi connectivity index (χ2v) is 6.00. The standard InChI is InChI=1S/C11H9I2N3S/c12-9-10(13)16(6-15-9)5-7-2-1-3-8(4-7)11(14)17/h1-4,6H,5H2,(H2,14,17). The highest BCUT2D eigenvalue weighted by atomic mass is 127. The van der Waals surface area contributed by atoms with E-state index < -0.39 is 0 Å². The van der Waals surface area contributed by atoms with Crippen molar-refractivity contribution in [1.29, 1.82) is 0 Å². The molecule has 0 aliphatic carbocycles. The summed E-state index contributed by atoms with van der Waals surface area (Å²) in [5.74, 6) is 0. The number of thiocarbonyl (C=S) groups is 1. The molecule has 17 heavy (non-hydrogen) atoms. The van der Waals surface area contributed by atoms with Gasteiger partial charge in [0.15, 0.2) is 0 Å². The van der Waals surface area contributed by atoms with Gasteiger partial charge in [-0.25, -0.2) is 4.98 Å². The van der Waals surface area contributed by atoms with Crippen LogP contribution in [0.15, 0.2) is 30.6 Å². The van der Waals surface area contributed by atoms with Crippen LogP contribution in [0.2, 0.25) is 0 Å². The molecule has 1 heterocycles. The molecule has 3 nitrogen and oxygen atoms in total. The van der Waals surface area contributed by atoms with Crippen LogP contribution in [0, 0.1) is 7.40 Å². The summed E-state index contributed by atoms with van der Waals surface area (Å²) in [6.07, 6.45) is 1.84. The van der Waals surface area contributed by atoms with E-state index in [-0.39, 0.29) is 0 Å². The van der Waals surface area contributed by atoms with E-state index in [0.29, 0.717) is 4.99 Å². The van der Waals surface area contributed by atoms with Gasteiger partial charge in [-0.3, -0.25) is 0 Å². The van der Waals surface area contributed by atoms with Crippen molar-refractivity contribution in [2.75, 3.05) is 0 Å². The molecule has 0 unspecified atom stereocenters. The number of aromatic nitrogens is 2. The maximum Gasteiger partial charge on any atom is 0.132 e. The quantitative estimate of drug-likeness (QED) is 0.556. The maximum atomic E-state index is 5.62. The van der Waals surface area contributed by atoms with Crippen molar-refractivity contribution < 1.29 is 0 Å². The van der Waals surface area contributed by atoms with Gasteiger partial charge in [0.05, 0.1) is 6.33 Å². The van der Waals surface area contributed by atoms with Gasteiger partial charge in [0.2, 0.25) is 0 Å². The van der Waals surface area contributed by atoms with E-state index >= 15 is 0 Å². The minimum absolute atomic E-state index is 0.432. The molecule has 0 aliphatic heterocycles. The zero-order valence-electron chi connectivity index (χ0n) is 8.73. The molecular formula is C11H9I2N3S. The predicted octanol–water partition coefficient (Wildman–Crippen LogP) is 2.77. The monoisotopic (exact) mass is 469 g/mol. The van der Waals surface area contributed by atoms with Crippen LogP contribution in [0.3, 0.4) is 0 Å². The SMILES string of the molecule is NC(=S)c1cccc(Cn2cnc(I)c2I)c1. The molecule has 0 fully saturated rings. The van der Waals surface area contributed by atoms with Gasteiger partial charge in [-0.1, -0.05) is 30.4 Å². The third-order valence-corrected chi connectivity index (χ3v) is 5.49. The van der Waals surface area contributed by atoms with Crippen molar-refractivity contribution in [3.63, 3.8) is 0 Å². The highest BCUT2D eigenvalue weighted by Gasteiger charge is 2.06. The number of benzene rings is 1. The topological polar surface area (TPSA) is 43.8 Å². The maximum absolute atomic E-state index is 5.62. The summed E-state index contributed by atoms with van der Waals surface area (Å²) in [4.78, 5) is 4.69. The fraction of sp³-hybridized carbons (Fsp3) is 0.0909. The molecule has 6 heteroatoms. The summed E-state index contributed by atoms with van der Waals surface area (Å²) in [6, 6.07) is 7.98. The van der Waals surface area contributed by atoms with E-state index in [2.05, 4.69) is 60.8 Å². The van der Waals surface area contributed by atoms with E-state index in [0.717, 1.165) is 19.5 Å². The lowest BCUT2D eigenvalue weighted by molar-refractivity contribution is 0.777. The zero-order chi connectivity index (χ0) is 12.4. The number of imidazole rings is 1. The van der Waals surface area contributed by atoms with Crippen LogP contribution in [0.4, 0.5) is 0 Å². The smallest absolute Gasteiger partial charge is 0.132 e. The first-order valence-corrected chi connectivity index (χ1v) is 7.39. The van der Waals surface area contributed by atoms with Crippen LogP contribution >= 0.6 is 57.4 Å². The molecule has 0 spiro atoms. The molecule has 0 aliphatic rings. The molecule has 0 saturated heterocycles. The Balaban J connectivity index is 2.27. The second kappa shape index (κ2) is 5.61. The third kappa shape index (κ3) is 3.16. The molecule has 0 amide bonds. The number of hydrogen-bond donors (Lipinski definition) is 1. The molecule has 0 saturated carbocycles. The zero-order valence-corrected chi connectivity index (χ0v) is 13.9. The number of nitrogens with zero attached hydrogens (tertiary/aromatic N) is 2. The average Bonchev–Trinajstić information content (AvgIpc) is 2.61. The second-order valence-electron chi connectivity index (χ2n) is 3.52. The molecule has 0 radical (unpaired) electrons. The minimum atomic E-state index is 0.432. The fourth-order valence-corrected chi connectivity index (χ4v) is 2.47. The van der Waals surface area contributed by atoms with Crippen LogP contribution in [0.25, 0.3) is 0 Å². The van der Waals surface area contributed by atoms with Crippen LogP contribution in [0.1, 0.15) is 11.1 Å². The Hall–Kier alpha value is -0.220. The lowest BCUT2D eigenvalue weighted by atomic mass is 10.1. The summed E-state index contributed by atoms with van der Waals surface area (Å²) in [5.41, 5.74) is 7.69. The van der Waals surface area contributed by atoms with Gasteiger partial charge in [-0.2, -0.15) is 0 Å². The number of nitrogens with two attached hydrogens (primary N) is 1. The van der Waals surface area contributed by atoms with Crippen molar-refractivity contribution in [1.82, 2.24) is 9.55 Å². The molecule has 88 valence electrons. The summed E-state index contributed by atoms with van der Waals surface area (Å²) in [6.45, 7) is 0.782. The Morgan fingerprint density at radius 2 is 2.18 bits per heavy atom. The molecule has 2 aromatic rings. The first kappa shape index (κ1) is 13.2. The van der Waals surface area contributed by atoms with Gasteiger partial charge in [0, 0.05) is 12.1 Å². The lowest BCUT2D eigenvalue weighted by Gasteiger charge is -2.06. The summed E-state index contributed by atoms with van der Waals surface area (Å²) >= 11 is 9.49. The van der Waals surface area contributed by atoms with Crippen molar-refractivity contribution in [3.05, 3.63) is 49.1 Å². The van der Waals surface area contributed by atoms with E-state index in [1.165, 1.54) is 5.56 Å². The molecule has 2 rings (SSSR count). The van der Waals surface area contributed by atoms with E-state index in [1.54, 1.807) is 0 Å². The highest BCUT2D eigenvalue weighted by Crippen LogP contribution is 2.15. The lowest BCUT2D eigenvalue weighted by Crippen LogP contribution is -2.10. The molecule has 1 aromatic carbocycles. The Labute approximate surface area is 132 Å². The van der Waals surface area contributed by atoms with Crippen molar-refractivity contribution in [2.24, 2.45) is 5.73 Å². The predicted molar refractivity (Wildman–Crippen MR) is 89.1 cm³/mol. The number of rotatable bonds is 3. The van der Waals surface area contributed by atoms with Crippen LogP contribution in [0.5, 0.6) is 0 Å². The van der Waals surface area contributed by atoms with Gasteiger partial charge < -0.3 is 10.3 Å². The van der Waals surface area contributed by atoms with Crippen molar-refractivity contribution >= 4 is 62.4 Å². The molecule has 2 N–H and O–H groups in total. The Kier molecular flexibility index (Phi) is 4.36. The molecule has 0 bridgehead atoms. The Morgan fingerprint density at radius 1 is 1.41 bits per heavy atom. The molecule has 0 atom stereocenters. The van der Waals surface area contributed by atoms with E-state index in [9.17, 15) is 0 Å². The summed E-state index contributed by atoms with van der Waals surface area (Å²) in [7, 11) is 0. The van der Waals surface area contributed by atoms with Gasteiger partial charge in [-0.05, 0) is 56.8 Å². The summed E-state index contributed by atoms with van der Waals surface area (Å²) < 4.78 is 4.26. The van der Waals surface area contributed by atoms with Crippen LogP contribution < -0.4 is 5.73 Å². The molecular weight excluding hydrogens is 460 g/mol. The Morgan fingerprint density at radius 3 is 2.76 bits per heavy atom. The van der Waals surface area contributed by atoms with Crippen molar-refractivity contribution in [3.8, 4) is 0 Å². The van der Waals surface area contributed by atoms with Gasteiger partial charge in [0.25, 0.3) is 0 Å². The molecule has 1 aromatic heterocycles. The van der Waals surface area contributed by atoms with Gasteiger partial charge in [0.1, 0.15) is 12.4 Å². The first-order chi connectivity index (χ1) is 8.08. The first-order valence-electron chi connectivity index (χ1n) is 4.83.